The van der Waals surface area contributed by atoms with Gasteiger partial charge >= 0.3 is 0 Å². The summed E-state index contributed by atoms with van der Waals surface area (Å²) in [6.07, 6.45) is -2.21. The van der Waals surface area contributed by atoms with Gasteiger partial charge in [0.05, 0.1) is 12.7 Å². The van der Waals surface area contributed by atoms with Crippen LogP contribution < -0.4 is 0 Å². The lowest BCUT2D eigenvalue weighted by Crippen LogP contribution is -2.40. The fraction of sp³-hybridized carbons (Fsp3) is 0.800. The van der Waals surface area contributed by atoms with Gasteiger partial charge in [-0.3, -0.25) is 4.79 Å². The Labute approximate surface area is 94.5 Å². The monoisotopic (exact) mass is 234 g/mol. The zero-order valence-corrected chi connectivity index (χ0v) is 9.66. The van der Waals surface area contributed by atoms with Crippen LogP contribution in [0.1, 0.15) is 13.8 Å². The quantitative estimate of drug-likeness (QED) is 0.429. The first-order valence-corrected chi connectivity index (χ1v) is 4.94. The molecule has 0 aliphatic carbocycles. The number of carbonyl (C=O) groups excluding carboxylic acids is 2. The van der Waals surface area contributed by atoms with Gasteiger partial charge in [-0.15, -0.1) is 0 Å². The third-order valence-electron chi connectivity index (χ3n) is 1.78. The highest BCUT2D eigenvalue weighted by Gasteiger charge is 2.25. The molecular weight excluding hydrogens is 216 g/mol. The average Bonchev–Trinajstić information content (AvgIpc) is 2.27. The number of aldehydes is 2. The highest BCUT2D eigenvalue weighted by molar-refractivity contribution is 5.57. The van der Waals surface area contributed by atoms with Crippen LogP contribution in [-0.2, 0) is 23.8 Å². The van der Waals surface area contributed by atoms with Gasteiger partial charge < -0.3 is 24.1 Å². The SMILES string of the molecule is COC(C=O)[C@@H](CO)O[C@H](C=O)OC(C)C. The lowest BCUT2D eigenvalue weighted by Gasteiger charge is -2.24. The first-order chi connectivity index (χ1) is 7.58. The van der Waals surface area contributed by atoms with E-state index in [9.17, 15) is 9.59 Å². The number of methoxy groups -OCH3 is 1. The third kappa shape index (κ3) is 5.32. The van der Waals surface area contributed by atoms with Gasteiger partial charge in [0.1, 0.15) is 12.2 Å². The summed E-state index contributed by atoms with van der Waals surface area (Å²) < 4.78 is 15.0. The summed E-state index contributed by atoms with van der Waals surface area (Å²) in [4.78, 5) is 21.2. The zero-order chi connectivity index (χ0) is 12.6. The van der Waals surface area contributed by atoms with Crippen molar-refractivity contribution in [1.29, 1.82) is 0 Å². The van der Waals surface area contributed by atoms with Gasteiger partial charge in [-0.25, -0.2) is 0 Å². The number of carbonyl (C=O) groups is 2. The molecule has 1 unspecified atom stereocenters. The van der Waals surface area contributed by atoms with Crippen molar-refractivity contribution in [3.63, 3.8) is 0 Å². The molecule has 0 rings (SSSR count). The van der Waals surface area contributed by atoms with Crippen molar-refractivity contribution in [2.24, 2.45) is 0 Å². The Morgan fingerprint density at radius 2 is 1.81 bits per heavy atom. The number of hydrogen-bond donors (Lipinski definition) is 1. The molecule has 0 aliphatic heterocycles. The van der Waals surface area contributed by atoms with E-state index in [0.717, 1.165) is 0 Å². The predicted octanol–water partition coefficient (Wildman–Crippen LogP) is -0.472. The molecule has 0 fully saturated rings. The molecule has 3 atom stereocenters. The molecule has 6 nitrogen and oxygen atoms in total. The van der Waals surface area contributed by atoms with Crippen molar-refractivity contribution in [2.45, 2.75) is 38.4 Å². The first kappa shape index (κ1) is 15.2. The van der Waals surface area contributed by atoms with E-state index in [-0.39, 0.29) is 6.10 Å². The van der Waals surface area contributed by atoms with Gasteiger partial charge in [-0.1, -0.05) is 0 Å². The molecule has 0 saturated heterocycles. The number of ether oxygens (including phenoxy) is 3. The molecule has 0 aliphatic rings. The molecule has 0 spiro atoms. The van der Waals surface area contributed by atoms with Crippen LogP contribution in [0.5, 0.6) is 0 Å². The molecule has 0 amide bonds. The lowest BCUT2D eigenvalue weighted by molar-refractivity contribution is -0.204. The molecule has 1 N–H and O–H groups in total. The molecule has 0 radical (unpaired) electrons. The van der Waals surface area contributed by atoms with Crippen molar-refractivity contribution >= 4 is 12.6 Å². The number of aliphatic hydroxyl groups excluding tert-OH is 1. The van der Waals surface area contributed by atoms with Gasteiger partial charge in [-0.2, -0.15) is 0 Å². The smallest absolute Gasteiger partial charge is 0.215 e. The molecule has 0 aromatic carbocycles. The molecule has 0 aromatic rings. The fourth-order valence-corrected chi connectivity index (χ4v) is 1.06. The van der Waals surface area contributed by atoms with E-state index >= 15 is 0 Å². The second kappa shape index (κ2) is 8.35. The van der Waals surface area contributed by atoms with Crippen LogP contribution in [0.2, 0.25) is 0 Å². The summed E-state index contributed by atoms with van der Waals surface area (Å²) in [5.74, 6) is 0. The van der Waals surface area contributed by atoms with Crippen LogP contribution in [0.3, 0.4) is 0 Å². The summed E-state index contributed by atoms with van der Waals surface area (Å²) in [6, 6.07) is 0. The highest BCUT2D eigenvalue weighted by atomic mass is 16.7. The van der Waals surface area contributed by atoms with E-state index in [2.05, 4.69) is 0 Å². The van der Waals surface area contributed by atoms with E-state index in [0.29, 0.717) is 12.6 Å². The Bertz CT molecular complexity index is 205. The van der Waals surface area contributed by atoms with Crippen molar-refractivity contribution < 1.29 is 28.9 Å². The van der Waals surface area contributed by atoms with Crippen LogP contribution >= 0.6 is 0 Å². The molecule has 0 aromatic heterocycles. The number of hydrogen-bond acceptors (Lipinski definition) is 6. The Morgan fingerprint density at radius 1 is 1.19 bits per heavy atom. The minimum atomic E-state index is -1.12. The summed E-state index contributed by atoms with van der Waals surface area (Å²) >= 11 is 0. The van der Waals surface area contributed by atoms with Gasteiger partial charge in [0.15, 0.2) is 12.6 Å². The Morgan fingerprint density at radius 3 is 2.12 bits per heavy atom. The minimum Gasteiger partial charge on any atom is -0.394 e. The van der Waals surface area contributed by atoms with Gasteiger partial charge in [0.2, 0.25) is 6.29 Å². The van der Waals surface area contributed by atoms with Gasteiger partial charge in [-0.05, 0) is 13.8 Å². The third-order valence-corrected chi connectivity index (χ3v) is 1.78. The van der Waals surface area contributed by atoms with E-state index in [1.807, 2.05) is 0 Å². The molecule has 94 valence electrons. The van der Waals surface area contributed by atoms with Crippen LogP contribution in [0, 0.1) is 0 Å². The van der Waals surface area contributed by atoms with E-state index < -0.39 is 25.1 Å². The Hall–Kier alpha value is -0.820. The summed E-state index contributed by atoms with van der Waals surface area (Å²) in [7, 11) is 1.31. The Balaban J connectivity index is 4.36. The molecule has 0 bridgehead atoms. The molecular formula is C10H18O6. The second-order valence-corrected chi connectivity index (χ2v) is 3.38. The largest absolute Gasteiger partial charge is 0.394 e. The molecule has 6 heteroatoms. The van der Waals surface area contributed by atoms with Crippen LogP contribution in [0.25, 0.3) is 0 Å². The summed E-state index contributed by atoms with van der Waals surface area (Å²) in [5.41, 5.74) is 0. The first-order valence-electron chi connectivity index (χ1n) is 4.94. The maximum atomic E-state index is 10.6. The fourth-order valence-electron chi connectivity index (χ4n) is 1.06. The minimum absolute atomic E-state index is 0.202. The summed E-state index contributed by atoms with van der Waals surface area (Å²) in [5, 5.41) is 9.00. The maximum Gasteiger partial charge on any atom is 0.215 e. The topological polar surface area (TPSA) is 82.1 Å². The van der Waals surface area contributed by atoms with E-state index in [4.69, 9.17) is 19.3 Å². The number of aliphatic hydroxyl groups is 1. The molecule has 0 heterocycles. The van der Waals surface area contributed by atoms with Crippen molar-refractivity contribution in [2.75, 3.05) is 13.7 Å². The summed E-state index contributed by atoms with van der Waals surface area (Å²) in [6.45, 7) is 3.03. The standard InChI is InChI=1S/C10H18O6/c1-7(2)15-10(6-13)16-9(5-12)8(4-11)14-3/h4,6-10,12H,5H2,1-3H3/t8?,9-,10-/m1/s1. The van der Waals surface area contributed by atoms with Crippen LogP contribution in [0.4, 0.5) is 0 Å². The molecule has 16 heavy (non-hydrogen) atoms. The number of rotatable bonds is 9. The average molecular weight is 234 g/mol. The normalized spacial score (nSPS) is 16.8. The second-order valence-electron chi connectivity index (χ2n) is 3.38. The van der Waals surface area contributed by atoms with E-state index in [1.165, 1.54) is 7.11 Å². The lowest BCUT2D eigenvalue weighted by atomic mass is 10.2. The van der Waals surface area contributed by atoms with E-state index in [1.54, 1.807) is 13.8 Å². The zero-order valence-electron chi connectivity index (χ0n) is 9.66. The van der Waals surface area contributed by atoms with Gasteiger partial charge in [0, 0.05) is 7.11 Å². The van der Waals surface area contributed by atoms with Crippen molar-refractivity contribution in [3.05, 3.63) is 0 Å². The maximum absolute atomic E-state index is 10.6. The van der Waals surface area contributed by atoms with Crippen molar-refractivity contribution in [3.8, 4) is 0 Å². The predicted molar refractivity (Wildman–Crippen MR) is 54.9 cm³/mol. The van der Waals surface area contributed by atoms with Crippen LogP contribution in [-0.4, -0.2) is 56.0 Å². The molecule has 0 saturated carbocycles. The van der Waals surface area contributed by atoms with Crippen molar-refractivity contribution in [1.82, 2.24) is 0 Å². The highest BCUT2D eigenvalue weighted by Crippen LogP contribution is 2.06. The van der Waals surface area contributed by atoms with Crippen LogP contribution in [0.15, 0.2) is 0 Å². The Kier molecular flexibility index (Phi) is 7.92. The van der Waals surface area contributed by atoms with Gasteiger partial charge in [0.25, 0.3) is 0 Å².